The Labute approximate surface area is 96.8 Å². The maximum atomic E-state index is 11.9. The topological polar surface area (TPSA) is 38.7 Å². The van der Waals surface area contributed by atoms with Crippen LogP contribution in [0, 0.1) is 5.82 Å². The molecule has 0 aliphatic carbocycles. The van der Waals surface area contributed by atoms with Gasteiger partial charge in [0.25, 0.3) is 0 Å². The van der Waals surface area contributed by atoms with Crippen LogP contribution >= 0.6 is 7.94 Å². The van der Waals surface area contributed by atoms with Gasteiger partial charge in [0, 0.05) is 0 Å². The fourth-order valence-corrected chi connectivity index (χ4v) is 2.15. The van der Waals surface area contributed by atoms with Crippen molar-refractivity contribution in [1.29, 1.82) is 0 Å². The van der Waals surface area contributed by atoms with Gasteiger partial charge < -0.3 is 0 Å². The molecule has 1 rings (SSSR count). The van der Waals surface area contributed by atoms with Gasteiger partial charge in [0.2, 0.25) is 0 Å². The minimum atomic E-state index is -2.70. The van der Waals surface area contributed by atoms with Gasteiger partial charge in [0.1, 0.15) is 5.82 Å². The fourth-order valence-electron chi connectivity index (χ4n) is 0.992. The molecule has 16 heavy (non-hydrogen) atoms. The molecule has 0 saturated carbocycles. The van der Waals surface area contributed by atoms with Crippen LogP contribution in [0.2, 0.25) is 0 Å². The molecule has 0 bridgehead atoms. The molecule has 0 heterocycles. The van der Waals surface area contributed by atoms with Crippen molar-refractivity contribution in [3.63, 3.8) is 0 Å². The maximum absolute atomic E-state index is 11.9. The largest absolute Gasteiger partial charge is 0.207 e. The molecule has 0 amide bonds. The van der Waals surface area contributed by atoms with Crippen LogP contribution in [0.3, 0.4) is 0 Å². The number of hydrogen-bond donors (Lipinski definition) is 1. The Bertz CT molecular complexity index is 259. The van der Waals surface area contributed by atoms with Crippen molar-refractivity contribution >= 4 is 7.94 Å². The van der Waals surface area contributed by atoms with Crippen LogP contribution in [0.15, 0.2) is 30.3 Å². The molecule has 5 heteroatoms. The predicted octanol–water partition coefficient (Wildman–Crippen LogP) is 3.00. The van der Waals surface area contributed by atoms with Gasteiger partial charge in [0.15, 0.2) is 0 Å². The SMILES string of the molecule is CCO[PH](C)(O)OCC.Fc1ccccc1. The molecule has 3 nitrogen and oxygen atoms in total. The average Bonchev–Trinajstić information content (AvgIpc) is 2.19. The zero-order chi connectivity index (χ0) is 12.4. The van der Waals surface area contributed by atoms with Crippen molar-refractivity contribution in [2.45, 2.75) is 13.8 Å². The van der Waals surface area contributed by atoms with Crippen molar-refractivity contribution in [2.75, 3.05) is 19.9 Å². The number of rotatable bonds is 4. The Morgan fingerprint density at radius 3 is 1.81 bits per heavy atom. The van der Waals surface area contributed by atoms with E-state index in [1.165, 1.54) is 12.1 Å². The van der Waals surface area contributed by atoms with Crippen LogP contribution in [-0.2, 0) is 9.05 Å². The predicted molar refractivity (Wildman–Crippen MR) is 66.1 cm³/mol. The van der Waals surface area contributed by atoms with E-state index in [-0.39, 0.29) is 5.82 Å². The Morgan fingerprint density at radius 2 is 1.56 bits per heavy atom. The fraction of sp³-hybridized carbons (Fsp3) is 0.455. The third-order valence-electron chi connectivity index (χ3n) is 1.56. The van der Waals surface area contributed by atoms with Gasteiger partial charge >= 0.3 is 55.6 Å². The molecule has 1 aromatic carbocycles. The smallest absolute Gasteiger partial charge is 0.123 e. The molecule has 0 spiro atoms. The van der Waals surface area contributed by atoms with Crippen LogP contribution in [0.25, 0.3) is 0 Å². The van der Waals surface area contributed by atoms with E-state index in [9.17, 15) is 9.28 Å². The summed E-state index contributed by atoms with van der Waals surface area (Å²) in [6.07, 6.45) is 0. The van der Waals surface area contributed by atoms with Crippen molar-refractivity contribution in [3.8, 4) is 0 Å². The van der Waals surface area contributed by atoms with E-state index in [2.05, 4.69) is 0 Å². The molecule has 0 fully saturated rings. The summed E-state index contributed by atoms with van der Waals surface area (Å²) in [5, 5.41) is 0. The van der Waals surface area contributed by atoms with Crippen LogP contribution in [0.4, 0.5) is 4.39 Å². The third kappa shape index (κ3) is 8.74. The van der Waals surface area contributed by atoms with Gasteiger partial charge in [-0.15, -0.1) is 0 Å². The quantitative estimate of drug-likeness (QED) is 0.835. The third-order valence-corrected chi connectivity index (χ3v) is 3.21. The molecule has 0 radical (unpaired) electrons. The van der Waals surface area contributed by atoms with Gasteiger partial charge in [-0.1, -0.05) is 18.2 Å². The van der Waals surface area contributed by atoms with E-state index in [4.69, 9.17) is 9.05 Å². The molecule has 0 unspecified atom stereocenters. The summed E-state index contributed by atoms with van der Waals surface area (Å²) in [6, 6.07) is 7.94. The van der Waals surface area contributed by atoms with E-state index in [0.717, 1.165) is 0 Å². The van der Waals surface area contributed by atoms with Crippen LogP contribution < -0.4 is 0 Å². The van der Waals surface area contributed by atoms with E-state index < -0.39 is 7.94 Å². The summed E-state index contributed by atoms with van der Waals surface area (Å²) in [5.41, 5.74) is 0. The summed E-state index contributed by atoms with van der Waals surface area (Å²) in [6.45, 7) is 6.30. The van der Waals surface area contributed by atoms with Gasteiger partial charge in [0.05, 0.1) is 0 Å². The zero-order valence-corrected chi connectivity index (χ0v) is 10.9. The molecular formula is C11H20FO3P. The minimum absolute atomic E-state index is 0.178. The Balaban J connectivity index is 0.000000288. The van der Waals surface area contributed by atoms with Gasteiger partial charge in [-0.2, -0.15) is 0 Å². The van der Waals surface area contributed by atoms with Crippen molar-refractivity contribution in [2.24, 2.45) is 0 Å². The molecule has 0 saturated heterocycles. The second-order valence-electron chi connectivity index (χ2n) is 3.06. The molecule has 94 valence electrons. The van der Waals surface area contributed by atoms with Gasteiger partial charge in [-0.25, -0.2) is 4.39 Å². The molecule has 0 aliphatic rings. The van der Waals surface area contributed by atoms with Gasteiger partial charge in [-0.3, -0.25) is 0 Å². The first-order chi connectivity index (χ1) is 7.52. The normalized spacial score (nSPS) is 11.6. The minimum Gasteiger partial charge on any atom is -0.207 e. The molecule has 0 aromatic heterocycles. The van der Waals surface area contributed by atoms with E-state index in [1.807, 2.05) is 13.8 Å². The van der Waals surface area contributed by atoms with Crippen molar-refractivity contribution in [3.05, 3.63) is 36.1 Å². The van der Waals surface area contributed by atoms with Gasteiger partial charge in [-0.05, 0) is 12.1 Å². The monoisotopic (exact) mass is 250 g/mol. The standard InChI is InChI=1S/C6H5F.C5H15O3P/c7-6-4-2-1-3-5-6;1-4-7-9(3,6)8-5-2/h1-5H;6,9H,4-5H2,1-3H3. The maximum Gasteiger partial charge on any atom is 0.123 e. The first kappa shape index (κ1) is 15.5. The van der Waals surface area contributed by atoms with Crippen molar-refractivity contribution in [1.82, 2.24) is 0 Å². The second kappa shape index (κ2) is 8.59. The molecule has 1 aromatic rings. The summed E-state index contributed by atoms with van der Waals surface area (Å²) >= 11 is 0. The summed E-state index contributed by atoms with van der Waals surface area (Å²) < 4.78 is 21.8. The number of hydrogen-bond acceptors (Lipinski definition) is 3. The number of benzene rings is 1. The number of halogens is 1. The second-order valence-corrected chi connectivity index (χ2v) is 5.43. The summed E-state index contributed by atoms with van der Waals surface area (Å²) in [5.74, 6) is -0.178. The van der Waals surface area contributed by atoms with Crippen LogP contribution in [-0.4, -0.2) is 24.8 Å². The van der Waals surface area contributed by atoms with E-state index >= 15 is 0 Å². The first-order valence-corrected chi connectivity index (χ1v) is 7.49. The van der Waals surface area contributed by atoms with Crippen molar-refractivity contribution < 1.29 is 18.3 Å². The Hall–Kier alpha value is -0.540. The van der Waals surface area contributed by atoms with E-state index in [0.29, 0.717) is 13.2 Å². The molecule has 0 atom stereocenters. The molecule has 0 aliphatic heterocycles. The first-order valence-electron chi connectivity index (χ1n) is 5.22. The Kier molecular flexibility index (Phi) is 8.30. The van der Waals surface area contributed by atoms with Crippen LogP contribution in [0.1, 0.15) is 13.8 Å². The molecule has 1 N–H and O–H groups in total. The zero-order valence-electron chi connectivity index (χ0n) is 9.94. The van der Waals surface area contributed by atoms with E-state index in [1.54, 1.807) is 24.9 Å². The Morgan fingerprint density at radius 1 is 1.12 bits per heavy atom. The van der Waals surface area contributed by atoms with Crippen LogP contribution in [0.5, 0.6) is 0 Å². The average molecular weight is 250 g/mol. The summed E-state index contributed by atoms with van der Waals surface area (Å²) in [4.78, 5) is 9.21. The molecular weight excluding hydrogens is 230 g/mol. The summed E-state index contributed by atoms with van der Waals surface area (Å²) in [7, 11) is -2.70.